The van der Waals surface area contributed by atoms with Crippen LogP contribution in [-0.4, -0.2) is 29.9 Å². The Labute approximate surface area is 207 Å². The summed E-state index contributed by atoms with van der Waals surface area (Å²) in [5.41, 5.74) is 16.1. The lowest BCUT2D eigenvalue weighted by Crippen LogP contribution is -2.26. The van der Waals surface area contributed by atoms with Gasteiger partial charge in [-0.15, -0.1) is 0 Å². The van der Waals surface area contributed by atoms with Crippen LogP contribution < -0.4 is 16.8 Å². The molecule has 0 bridgehead atoms. The molecule has 8 heteroatoms. The normalized spacial score (nSPS) is 11.9. The summed E-state index contributed by atoms with van der Waals surface area (Å²) in [7, 11) is 0. The molecule has 0 unspecified atom stereocenters. The summed E-state index contributed by atoms with van der Waals surface area (Å²) in [6.45, 7) is 2.66. The smallest absolute Gasteiger partial charge is 0.218 e. The first-order valence-electron chi connectivity index (χ1n) is 11.7. The van der Waals surface area contributed by atoms with Gasteiger partial charge in [0.2, 0.25) is 11.9 Å². The maximum absolute atomic E-state index is 8.15. The van der Waals surface area contributed by atoms with Crippen molar-refractivity contribution in [1.82, 2.24) is 0 Å². The van der Waals surface area contributed by atoms with E-state index in [9.17, 15) is 0 Å². The fraction of sp³-hybridized carbons (Fsp3) is 0.385. The van der Waals surface area contributed by atoms with E-state index < -0.39 is 0 Å². The van der Waals surface area contributed by atoms with Gasteiger partial charge in [-0.3, -0.25) is 4.99 Å². The van der Waals surface area contributed by atoms with Crippen molar-refractivity contribution in [1.29, 1.82) is 10.8 Å². The Hall–Kier alpha value is -3.19. The Balaban J connectivity index is 1.53. The molecule has 0 amide bonds. The zero-order valence-electron chi connectivity index (χ0n) is 19.9. The maximum Gasteiger partial charge on any atom is 0.218 e. The number of hydrogen-bond acceptors (Lipinski definition) is 3. The van der Waals surface area contributed by atoms with Gasteiger partial charge >= 0.3 is 0 Å². The molecule has 2 rings (SSSR count). The van der Waals surface area contributed by atoms with Crippen LogP contribution in [0, 0.1) is 17.7 Å². The lowest BCUT2D eigenvalue weighted by atomic mass is 10.0. The fourth-order valence-electron chi connectivity index (χ4n) is 3.40. The number of aryl methyl sites for hydroxylation is 1. The molecule has 0 aliphatic heterocycles. The van der Waals surface area contributed by atoms with E-state index in [-0.39, 0.29) is 11.9 Å². The predicted octanol–water partition coefficient (Wildman–Crippen LogP) is 5.70. The van der Waals surface area contributed by atoms with Crippen LogP contribution in [-0.2, 0) is 6.42 Å². The van der Waals surface area contributed by atoms with E-state index in [0.29, 0.717) is 35.8 Å². The third-order valence-electron chi connectivity index (χ3n) is 5.23. The Kier molecular flexibility index (Phi) is 11.8. The summed E-state index contributed by atoms with van der Waals surface area (Å²) in [4.78, 5) is 8.30. The average Bonchev–Trinajstić information content (AvgIpc) is 2.78. The SMILES string of the molecule is Cc1ccc(CC(=N)CC(=N)CCCCCCCN=C(N)N=C(N)Nc2ccc(Cl)cc2)cc1. The molecule has 0 heterocycles. The van der Waals surface area contributed by atoms with E-state index in [4.69, 9.17) is 33.9 Å². The van der Waals surface area contributed by atoms with Gasteiger partial charge in [0.1, 0.15) is 0 Å². The zero-order valence-corrected chi connectivity index (χ0v) is 20.7. The summed E-state index contributed by atoms with van der Waals surface area (Å²) in [5, 5.41) is 19.9. The summed E-state index contributed by atoms with van der Waals surface area (Å²) in [5.74, 6) is 0.332. The largest absolute Gasteiger partial charge is 0.369 e. The number of guanidine groups is 2. The van der Waals surface area contributed by atoms with Crippen LogP contribution in [0.3, 0.4) is 0 Å². The molecule has 0 atom stereocenters. The average molecular weight is 482 g/mol. The van der Waals surface area contributed by atoms with E-state index in [1.54, 1.807) is 24.3 Å². The number of rotatable bonds is 13. The molecule has 0 aliphatic carbocycles. The van der Waals surface area contributed by atoms with Crippen molar-refractivity contribution < 1.29 is 0 Å². The molecule has 7 N–H and O–H groups in total. The summed E-state index contributed by atoms with van der Waals surface area (Å²) < 4.78 is 0. The highest BCUT2D eigenvalue weighted by atomic mass is 35.5. The number of nitrogens with one attached hydrogen (secondary N) is 3. The molecular formula is C26H36ClN7. The van der Waals surface area contributed by atoms with E-state index in [0.717, 1.165) is 49.8 Å². The van der Waals surface area contributed by atoms with Crippen LogP contribution >= 0.6 is 11.6 Å². The number of aliphatic imine (C=N–C) groups is 2. The Morgan fingerprint density at radius 1 is 0.882 bits per heavy atom. The standard InChI is InChI=1S/C26H36ClN7/c1-19-8-10-20(11-9-19)17-23(29)18-22(28)7-5-3-2-4-6-16-32-25(30)34-26(31)33-24-14-12-21(27)13-15-24/h8-15,28-29H,2-7,16-18H2,1H3,(H5,30,31,32,33,34). The minimum Gasteiger partial charge on any atom is -0.369 e. The molecule has 0 aliphatic rings. The van der Waals surface area contributed by atoms with Crippen molar-refractivity contribution in [3.8, 4) is 0 Å². The summed E-state index contributed by atoms with van der Waals surface area (Å²) in [6, 6.07) is 15.4. The molecule has 34 heavy (non-hydrogen) atoms. The highest BCUT2D eigenvalue weighted by Gasteiger charge is 2.05. The molecule has 0 fully saturated rings. The van der Waals surface area contributed by atoms with Crippen LogP contribution in [0.1, 0.15) is 56.1 Å². The fourth-order valence-corrected chi connectivity index (χ4v) is 3.53. The van der Waals surface area contributed by atoms with E-state index >= 15 is 0 Å². The van der Waals surface area contributed by atoms with E-state index in [1.807, 2.05) is 0 Å². The molecule has 0 saturated heterocycles. The Bertz CT molecular complexity index is 979. The van der Waals surface area contributed by atoms with Gasteiger partial charge in [-0.05, 0) is 56.0 Å². The zero-order chi connectivity index (χ0) is 24.8. The summed E-state index contributed by atoms with van der Waals surface area (Å²) >= 11 is 5.86. The first kappa shape index (κ1) is 27.1. The topological polar surface area (TPSA) is 136 Å². The molecule has 2 aromatic carbocycles. The van der Waals surface area contributed by atoms with Crippen molar-refractivity contribution in [2.45, 2.75) is 58.3 Å². The third-order valence-corrected chi connectivity index (χ3v) is 5.48. The van der Waals surface area contributed by atoms with Gasteiger partial charge in [-0.2, -0.15) is 4.99 Å². The van der Waals surface area contributed by atoms with Gasteiger partial charge in [0, 0.05) is 41.5 Å². The van der Waals surface area contributed by atoms with Crippen LogP contribution in [0.5, 0.6) is 0 Å². The molecule has 0 spiro atoms. The summed E-state index contributed by atoms with van der Waals surface area (Å²) in [6.07, 6.45) is 6.98. The second kappa shape index (κ2) is 14.9. The first-order valence-corrected chi connectivity index (χ1v) is 12.0. The van der Waals surface area contributed by atoms with Gasteiger partial charge in [0.05, 0.1) is 0 Å². The number of benzene rings is 2. The second-order valence-electron chi connectivity index (χ2n) is 8.43. The molecule has 7 nitrogen and oxygen atoms in total. The lowest BCUT2D eigenvalue weighted by molar-refractivity contribution is 0.626. The quantitative estimate of drug-likeness (QED) is 0.142. The number of halogens is 1. The van der Waals surface area contributed by atoms with Gasteiger partial charge in [-0.25, -0.2) is 0 Å². The number of nitrogens with zero attached hydrogens (tertiary/aromatic N) is 2. The van der Waals surface area contributed by atoms with Crippen molar-refractivity contribution >= 4 is 40.6 Å². The monoisotopic (exact) mass is 481 g/mol. The molecule has 0 radical (unpaired) electrons. The van der Waals surface area contributed by atoms with Gasteiger partial charge in [0.15, 0.2) is 0 Å². The number of nitrogens with two attached hydrogens (primary N) is 2. The Morgan fingerprint density at radius 2 is 1.53 bits per heavy atom. The van der Waals surface area contributed by atoms with Crippen molar-refractivity contribution in [2.24, 2.45) is 21.5 Å². The molecular weight excluding hydrogens is 446 g/mol. The number of unbranched alkanes of at least 4 members (excludes halogenated alkanes) is 4. The van der Waals surface area contributed by atoms with E-state index in [2.05, 4.69) is 46.5 Å². The van der Waals surface area contributed by atoms with Gasteiger partial charge < -0.3 is 27.6 Å². The van der Waals surface area contributed by atoms with Crippen LogP contribution in [0.15, 0.2) is 58.5 Å². The van der Waals surface area contributed by atoms with Crippen LogP contribution in [0.4, 0.5) is 5.69 Å². The number of hydrogen-bond donors (Lipinski definition) is 5. The van der Waals surface area contributed by atoms with Crippen molar-refractivity contribution in [2.75, 3.05) is 11.9 Å². The second-order valence-corrected chi connectivity index (χ2v) is 8.87. The van der Waals surface area contributed by atoms with Crippen LogP contribution in [0.2, 0.25) is 5.02 Å². The van der Waals surface area contributed by atoms with Crippen LogP contribution in [0.25, 0.3) is 0 Å². The molecule has 2 aromatic rings. The minimum absolute atomic E-state index is 0.153. The molecule has 0 aromatic heterocycles. The lowest BCUT2D eigenvalue weighted by Gasteiger charge is -2.07. The maximum atomic E-state index is 8.15. The van der Waals surface area contributed by atoms with Gasteiger partial charge in [-0.1, -0.05) is 60.7 Å². The molecule has 182 valence electrons. The Morgan fingerprint density at radius 3 is 2.24 bits per heavy atom. The predicted molar refractivity (Wildman–Crippen MR) is 146 cm³/mol. The minimum atomic E-state index is 0.153. The van der Waals surface area contributed by atoms with E-state index in [1.165, 1.54) is 5.56 Å². The van der Waals surface area contributed by atoms with Gasteiger partial charge in [0.25, 0.3) is 0 Å². The highest BCUT2D eigenvalue weighted by Crippen LogP contribution is 2.13. The third kappa shape index (κ3) is 11.6. The first-order chi connectivity index (χ1) is 16.3. The van der Waals surface area contributed by atoms with Crippen molar-refractivity contribution in [3.05, 3.63) is 64.7 Å². The van der Waals surface area contributed by atoms with Crippen molar-refractivity contribution in [3.63, 3.8) is 0 Å². The highest BCUT2D eigenvalue weighted by molar-refractivity contribution is 6.30. The number of anilines is 1. The molecule has 0 saturated carbocycles.